The lowest BCUT2D eigenvalue weighted by atomic mass is 9.91. The van der Waals surface area contributed by atoms with E-state index < -0.39 is 0 Å². The summed E-state index contributed by atoms with van der Waals surface area (Å²) in [5, 5.41) is 0.531. The van der Waals surface area contributed by atoms with Gasteiger partial charge in [0.1, 0.15) is 19.8 Å². The second-order valence-electron chi connectivity index (χ2n) is 8.39. The summed E-state index contributed by atoms with van der Waals surface area (Å²) in [7, 11) is 0. The SMILES string of the molecule is CC(C)N(CC(=O)N1CC(=O)N(c2cccc(Cl)c2)C1)C(=O)CC(C)(C)C. The van der Waals surface area contributed by atoms with Gasteiger partial charge in [0.15, 0.2) is 0 Å². The van der Waals surface area contributed by atoms with Crippen LogP contribution >= 0.6 is 11.6 Å². The first-order chi connectivity index (χ1) is 12.5. The van der Waals surface area contributed by atoms with E-state index in [1.165, 1.54) is 9.80 Å². The van der Waals surface area contributed by atoms with Crippen molar-refractivity contribution in [1.29, 1.82) is 0 Å². The minimum Gasteiger partial charge on any atom is -0.331 e. The average Bonchev–Trinajstić information content (AvgIpc) is 2.92. The second-order valence-corrected chi connectivity index (χ2v) is 8.82. The number of benzene rings is 1. The highest BCUT2D eigenvalue weighted by Gasteiger charge is 2.34. The number of carbonyl (C=O) groups excluding carboxylic acids is 3. The standard InChI is InChI=1S/C20H28ClN3O3/c1-14(2)23(17(25)10-20(3,4)5)12-18(26)22-11-19(27)24(13-22)16-8-6-7-15(21)9-16/h6-9,14H,10-13H2,1-5H3. The van der Waals surface area contributed by atoms with Crippen molar-refractivity contribution < 1.29 is 14.4 Å². The summed E-state index contributed by atoms with van der Waals surface area (Å²) in [4.78, 5) is 42.3. The Hall–Kier alpha value is -2.08. The van der Waals surface area contributed by atoms with Crippen molar-refractivity contribution in [2.24, 2.45) is 5.41 Å². The first-order valence-corrected chi connectivity index (χ1v) is 9.49. The quantitative estimate of drug-likeness (QED) is 0.772. The highest BCUT2D eigenvalue weighted by molar-refractivity contribution is 6.31. The molecule has 0 bridgehead atoms. The average molecular weight is 394 g/mol. The van der Waals surface area contributed by atoms with Crippen LogP contribution in [0.1, 0.15) is 41.0 Å². The van der Waals surface area contributed by atoms with Crippen LogP contribution in [0.15, 0.2) is 24.3 Å². The molecule has 6 nitrogen and oxygen atoms in total. The van der Waals surface area contributed by atoms with Crippen molar-refractivity contribution in [2.45, 2.75) is 47.1 Å². The van der Waals surface area contributed by atoms with Gasteiger partial charge in [0.2, 0.25) is 17.7 Å². The normalized spacial score (nSPS) is 14.9. The molecule has 2 rings (SSSR count). The zero-order chi connectivity index (χ0) is 20.4. The maximum Gasteiger partial charge on any atom is 0.248 e. The number of halogens is 1. The molecule has 3 amide bonds. The number of rotatable bonds is 5. The Balaban J connectivity index is 2.06. The Morgan fingerprint density at radius 3 is 2.48 bits per heavy atom. The van der Waals surface area contributed by atoms with E-state index in [0.717, 1.165) is 0 Å². The molecule has 0 aromatic heterocycles. The van der Waals surface area contributed by atoms with Crippen molar-refractivity contribution >= 4 is 35.0 Å². The summed E-state index contributed by atoms with van der Waals surface area (Å²) in [6.07, 6.45) is 0.367. The van der Waals surface area contributed by atoms with E-state index in [1.807, 2.05) is 34.6 Å². The third-order valence-electron chi connectivity index (χ3n) is 4.34. The van der Waals surface area contributed by atoms with Crippen LogP contribution in [0.25, 0.3) is 0 Å². The molecule has 0 N–H and O–H groups in total. The smallest absolute Gasteiger partial charge is 0.248 e. The van der Waals surface area contributed by atoms with Crippen molar-refractivity contribution in [1.82, 2.24) is 9.80 Å². The Morgan fingerprint density at radius 1 is 1.26 bits per heavy atom. The molecule has 1 heterocycles. The third-order valence-corrected chi connectivity index (χ3v) is 4.58. The van der Waals surface area contributed by atoms with Gasteiger partial charge in [0.05, 0.1) is 0 Å². The second kappa shape index (κ2) is 8.30. The number of hydrogen-bond donors (Lipinski definition) is 0. The highest BCUT2D eigenvalue weighted by Crippen LogP contribution is 2.24. The number of anilines is 1. The van der Waals surface area contributed by atoms with Gasteiger partial charge in [-0.1, -0.05) is 38.4 Å². The minimum absolute atomic E-state index is 0.00471. The van der Waals surface area contributed by atoms with Crippen LogP contribution in [-0.2, 0) is 14.4 Å². The van der Waals surface area contributed by atoms with Crippen LogP contribution in [0, 0.1) is 5.41 Å². The molecule has 1 fully saturated rings. The van der Waals surface area contributed by atoms with Crippen LogP contribution in [-0.4, -0.2) is 53.3 Å². The van der Waals surface area contributed by atoms with Crippen molar-refractivity contribution in [3.63, 3.8) is 0 Å². The van der Waals surface area contributed by atoms with Gasteiger partial charge in [-0.05, 0) is 37.5 Å². The molecule has 7 heteroatoms. The van der Waals surface area contributed by atoms with Gasteiger partial charge in [-0.15, -0.1) is 0 Å². The van der Waals surface area contributed by atoms with E-state index in [4.69, 9.17) is 11.6 Å². The first-order valence-electron chi connectivity index (χ1n) is 9.11. The van der Waals surface area contributed by atoms with E-state index in [9.17, 15) is 14.4 Å². The molecule has 0 aliphatic carbocycles. The molecule has 1 aliphatic heterocycles. The van der Waals surface area contributed by atoms with Gasteiger partial charge in [-0.3, -0.25) is 19.3 Å². The van der Waals surface area contributed by atoms with E-state index >= 15 is 0 Å². The molecule has 1 saturated heterocycles. The molecule has 1 aromatic rings. The highest BCUT2D eigenvalue weighted by atomic mass is 35.5. The Kier molecular flexibility index (Phi) is 6.52. The van der Waals surface area contributed by atoms with E-state index in [0.29, 0.717) is 17.1 Å². The lowest BCUT2D eigenvalue weighted by Crippen LogP contribution is -2.46. The summed E-state index contributed by atoms with van der Waals surface area (Å²) < 4.78 is 0. The van der Waals surface area contributed by atoms with Crippen LogP contribution in [0.2, 0.25) is 5.02 Å². The predicted octanol–water partition coefficient (Wildman–Crippen LogP) is 3.15. The molecule has 0 radical (unpaired) electrons. The number of carbonyl (C=O) groups is 3. The van der Waals surface area contributed by atoms with Crippen LogP contribution in [0.4, 0.5) is 5.69 Å². The van der Waals surface area contributed by atoms with Crippen LogP contribution in [0.3, 0.4) is 0 Å². The zero-order valence-electron chi connectivity index (χ0n) is 16.7. The van der Waals surface area contributed by atoms with Gasteiger partial charge in [0.25, 0.3) is 0 Å². The molecule has 1 aromatic carbocycles. The number of amides is 3. The topological polar surface area (TPSA) is 60.9 Å². The minimum atomic E-state index is -0.233. The molecule has 148 valence electrons. The van der Waals surface area contributed by atoms with Gasteiger partial charge < -0.3 is 9.80 Å². The number of hydrogen-bond acceptors (Lipinski definition) is 3. The summed E-state index contributed by atoms with van der Waals surface area (Å²) in [5.41, 5.74) is 0.507. The molecule has 0 unspecified atom stereocenters. The zero-order valence-corrected chi connectivity index (χ0v) is 17.4. The summed E-state index contributed by atoms with van der Waals surface area (Å²) in [6, 6.07) is 6.88. The van der Waals surface area contributed by atoms with Gasteiger partial charge >= 0.3 is 0 Å². The molecule has 27 heavy (non-hydrogen) atoms. The van der Waals surface area contributed by atoms with Gasteiger partial charge in [-0.2, -0.15) is 0 Å². The molecular formula is C20H28ClN3O3. The van der Waals surface area contributed by atoms with Gasteiger partial charge in [0, 0.05) is 23.2 Å². The molecule has 1 aliphatic rings. The Morgan fingerprint density at radius 2 is 1.93 bits per heavy atom. The summed E-state index contributed by atoms with van der Waals surface area (Å²) >= 11 is 6.00. The predicted molar refractivity (Wildman–Crippen MR) is 106 cm³/mol. The third kappa shape index (κ3) is 5.70. The Bertz CT molecular complexity index is 727. The lowest BCUT2D eigenvalue weighted by Gasteiger charge is -2.30. The molecule has 0 saturated carbocycles. The largest absolute Gasteiger partial charge is 0.331 e. The lowest BCUT2D eigenvalue weighted by molar-refractivity contribution is -0.142. The van der Waals surface area contributed by atoms with Crippen LogP contribution in [0.5, 0.6) is 0 Å². The summed E-state index contributed by atoms with van der Waals surface area (Å²) in [5.74, 6) is -0.449. The Labute approximate surface area is 166 Å². The van der Waals surface area contributed by atoms with E-state index in [1.54, 1.807) is 29.2 Å². The molecular weight excluding hydrogens is 366 g/mol. The maximum absolute atomic E-state index is 12.7. The maximum atomic E-state index is 12.7. The monoisotopic (exact) mass is 393 g/mol. The molecule has 0 atom stereocenters. The van der Waals surface area contributed by atoms with Crippen molar-refractivity contribution in [3.05, 3.63) is 29.3 Å². The first kappa shape index (κ1) is 21.2. The fourth-order valence-electron chi connectivity index (χ4n) is 2.94. The van der Waals surface area contributed by atoms with E-state index in [2.05, 4.69) is 0 Å². The number of nitrogens with zero attached hydrogens (tertiary/aromatic N) is 3. The fourth-order valence-corrected chi connectivity index (χ4v) is 3.13. The fraction of sp³-hybridized carbons (Fsp3) is 0.550. The van der Waals surface area contributed by atoms with Crippen molar-refractivity contribution in [2.75, 3.05) is 24.7 Å². The van der Waals surface area contributed by atoms with E-state index in [-0.39, 0.29) is 48.9 Å². The van der Waals surface area contributed by atoms with Crippen molar-refractivity contribution in [3.8, 4) is 0 Å². The molecule has 0 spiro atoms. The summed E-state index contributed by atoms with van der Waals surface area (Å²) in [6.45, 7) is 9.90. The van der Waals surface area contributed by atoms with Gasteiger partial charge in [-0.25, -0.2) is 0 Å². The van der Waals surface area contributed by atoms with Crippen LogP contribution < -0.4 is 4.90 Å².